The third-order valence-corrected chi connectivity index (χ3v) is 5.66. The van der Waals surface area contributed by atoms with Crippen molar-refractivity contribution in [3.63, 3.8) is 0 Å². The molecule has 4 atom stereocenters. The van der Waals surface area contributed by atoms with E-state index in [1.165, 1.54) is 19.3 Å². The first-order valence-electron chi connectivity index (χ1n) is 7.73. The van der Waals surface area contributed by atoms with Gasteiger partial charge in [0.05, 0.1) is 5.69 Å². The van der Waals surface area contributed by atoms with Crippen LogP contribution in [0.5, 0.6) is 0 Å². The Balaban J connectivity index is 1.48. The Kier molecular flexibility index (Phi) is 3.09. The summed E-state index contributed by atoms with van der Waals surface area (Å²) in [5, 5.41) is 2.31. The van der Waals surface area contributed by atoms with Crippen molar-refractivity contribution in [1.82, 2.24) is 4.90 Å². The Morgan fingerprint density at radius 1 is 1.09 bits per heavy atom. The van der Waals surface area contributed by atoms with Crippen molar-refractivity contribution in [2.75, 3.05) is 18.4 Å². The highest BCUT2D eigenvalue weighted by Crippen LogP contribution is 2.55. The van der Waals surface area contributed by atoms with Gasteiger partial charge in [0.1, 0.15) is 5.82 Å². The van der Waals surface area contributed by atoms with Gasteiger partial charge < -0.3 is 10.2 Å². The van der Waals surface area contributed by atoms with Crippen LogP contribution in [0.2, 0.25) is 0 Å². The number of nitrogens with one attached hydrogen (secondary N) is 1. The van der Waals surface area contributed by atoms with E-state index in [0.717, 1.165) is 6.07 Å². The van der Waals surface area contributed by atoms with Gasteiger partial charge in [0.25, 0.3) is 0 Å². The van der Waals surface area contributed by atoms with E-state index < -0.39 is 29.2 Å². The summed E-state index contributed by atoms with van der Waals surface area (Å²) in [4.78, 5) is 13.9. The van der Waals surface area contributed by atoms with Crippen LogP contribution in [0.25, 0.3) is 0 Å². The molecule has 118 valence electrons. The lowest BCUT2D eigenvalue weighted by Crippen LogP contribution is -2.34. The molecule has 6 heteroatoms. The first-order valence-corrected chi connectivity index (χ1v) is 7.73. The molecule has 3 nitrogen and oxygen atoms in total. The van der Waals surface area contributed by atoms with Gasteiger partial charge in [-0.05, 0) is 42.9 Å². The Morgan fingerprint density at radius 2 is 1.73 bits per heavy atom. The predicted molar refractivity (Wildman–Crippen MR) is 74.7 cm³/mol. The van der Waals surface area contributed by atoms with Crippen molar-refractivity contribution >= 4 is 11.7 Å². The minimum absolute atomic E-state index is 0.442. The van der Waals surface area contributed by atoms with Crippen LogP contribution < -0.4 is 5.32 Å². The molecule has 2 bridgehead atoms. The number of urea groups is 1. The zero-order valence-electron chi connectivity index (χ0n) is 12.0. The Hall–Kier alpha value is -1.72. The van der Waals surface area contributed by atoms with E-state index in [-0.39, 0.29) is 0 Å². The second-order valence-corrected chi connectivity index (χ2v) is 6.75. The molecule has 0 aromatic heterocycles. The molecule has 0 radical (unpaired) electrons. The fourth-order valence-electron chi connectivity index (χ4n) is 4.69. The SMILES string of the molecule is O=C(Nc1cc(F)cc(F)c1F)N1CC2C3CCC(C3)C2C1. The van der Waals surface area contributed by atoms with Gasteiger partial charge in [0.2, 0.25) is 0 Å². The molecule has 22 heavy (non-hydrogen) atoms. The van der Waals surface area contributed by atoms with E-state index in [1.807, 2.05) is 0 Å². The standard InChI is InChI=1S/C16H17F3N2O/c17-10-4-13(18)15(19)14(5-10)20-16(22)21-6-11-8-1-2-9(3-8)12(11)7-21/h4-5,8-9,11-12H,1-3,6-7H2,(H,20,22). The van der Waals surface area contributed by atoms with Gasteiger partial charge >= 0.3 is 6.03 Å². The quantitative estimate of drug-likeness (QED) is 0.790. The lowest BCUT2D eigenvalue weighted by Gasteiger charge is -2.22. The number of likely N-dealkylation sites (tertiary alicyclic amines) is 1. The molecule has 4 rings (SSSR count). The van der Waals surface area contributed by atoms with Gasteiger partial charge in [-0.2, -0.15) is 0 Å². The average Bonchev–Trinajstić information content (AvgIpc) is 3.15. The second kappa shape index (κ2) is 4.89. The van der Waals surface area contributed by atoms with Gasteiger partial charge in [-0.15, -0.1) is 0 Å². The van der Waals surface area contributed by atoms with Crippen LogP contribution in [0.1, 0.15) is 19.3 Å². The fourth-order valence-corrected chi connectivity index (χ4v) is 4.69. The summed E-state index contributed by atoms with van der Waals surface area (Å²) < 4.78 is 40.0. The summed E-state index contributed by atoms with van der Waals surface area (Å²) in [5.74, 6) is -0.948. The molecule has 0 spiro atoms. The lowest BCUT2D eigenvalue weighted by atomic mass is 9.82. The average molecular weight is 310 g/mol. The molecule has 1 heterocycles. The van der Waals surface area contributed by atoms with Gasteiger partial charge in [-0.3, -0.25) is 0 Å². The number of fused-ring (bicyclic) bond motifs is 5. The Bertz CT molecular complexity index is 618. The van der Waals surface area contributed by atoms with Crippen LogP contribution in [-0.4, -0.2) is 24.0 Å². The normalized spacial score (nSPS) is 32.4. The zero-order chi connectivity index (χ0) is 15.4. The number of amides is 2. The van der Waals surface area contributed by atoms with Crippen LogP contribution in [0, 0.1) is 41.1 Å². The predicted octanol–water partition coefficient (Wildman–Crippen LogP) is 3.61. The monoisotopic (exact) mass is 310 g/mol. The maximum absolute atomic E-state index is 13.6. The van der Waals surface area contributed by atoms with Crippen molar-refractivity contribution < 1.29 is 18.0 Å². The van der Waals surface area contributed by atoms with E-state index in [4.69, 9.17) is 0 Å². The van der Waals surface area contributed by atoms with Crippen LogP contribution in [0.4, 0.5) is 23.7 Å². The first kappa shape index (κ1) is 13.9. The van der Waals surface area contributed by atoms with E-state index in [2.05, 4.69) is 5.32 Å². The van der Waals surface area contributed by atoms with Crippen molar-refractivity contribution in [1.29, 1.82) is 0 Å². The number of benzene rings is 1. The molecule has 1 aromatic carbocycles. The molecule has 1 aromatic rings. The third-order valence-electron chi connectivity index (χ3n) is 5.66. The van der Waals surface area contributed by atoms with Crippen molar-refractivity contribution in [3.8, 4) is 0 Å². The summed E-state index contributed by atoms with van der Waals surface area (Å²) in [7, 11) is 0. The number of carbonyl (C=O) groups is 1. The van der Waals surface area contributed by atoms with Gasteiger partial charge in [-0.25, -0.2) is 18.0 Å². The summed E-state index contributed by atoms with van der Waals surface area (Å²) in [6.07, 6.45) is 3.75. The number of rotatable bonds is 1. The summed E-state index contributed by atoms with van der Waals surface area (Å²) >= 11 is 0. The molecule has 2 aliphatic carbocycles. The number of anilines is 1. The highest BCUT2D eigenvalue weighted by molar-refractivity contribution is 5.89. The van der Waals surface area contributed by atoms with Crippen molar-refractivity contribution in [2.24, 2.45) is 23.7 Å². The number of hydrogen-bond acceptors (Lipinski definition) is 1. The zero-order valence-corrected chi connectivity index (χ0v) is 12.0. The maximum atomic E-state index is 13.6. The van der Waals surface area contributed by atoms with Crippen LogP contribution in [0.15, 0.2) is 12.1 Å². The second-order valence-electron chi connectivity index (χ2n) is 6.75. The molecule has 3 aliphatic rings. The molecular formula is C16H17F3N2O. The number of hydrogen-bond donors (Lipinski definition) is 1. The van der Waals surface area contributed by atoms with Gasteiger partial charge in [-0.1, -0.05) is 0 Å². The lowest BCUT2D eigenvalue weighted by molar-refractivity contribution is 0.216. The van der Waals surface area contributed by atoms with Crippen LogP contribution >= 0.6 is 0 Å². The molecule has 1 saturated heterocycles. The minimum Gasteiger partial charge on any atom is -0.324 e. The van der Waals surface area contributed by atoms with E-state index in [9.17, 15) is 18.0 Å². The number of halogens is 3. The van der Waals surface area contributed by atoms with E-state index in [1.54, 1.807) is 4.90 Å². The largest absolute Gasteiger partial charge is 0.324 e. The summed E-state index contributed by atoms with van der Waals surface area (Å²) in [5.41, 5.74) is -0.442. The van der Waals surface area contributed by atoms with Crippen LogP contribution in [0.3, 0.4) is 0 Å². The molecule has 3 fully saturated rings. The number of nitrogens with zero attached hydrogens (tertiary/aromatic N) is 1. The van der Waals surface area contributed by atoms with E-state index >= 15 is 0 Å². The van der Waals surface area contributed by atoms with E-state index in [0.29, 0.717) is 42.8 Å². The molecular weight excluding hydrogens is 293 g/mol. The molecule has 2 amide bonds. The topological polar surface area (TPSA) is 32.3 Å². The summed E-state index contributed by atoms with van der Waals surface area (Å²) in [6.45, 7) is 1.33. The third kappa shape index (κ3) is 2.08. The highest BCUT2D eigenvalue weighted by Gasteiger charge is 2.52. The van der Waals surface area contributed by atoms with Gasteiger partial charge in [0, 0.05) is 25.2 Å². The fraction of sp³-hybridized carbons (Fsp3) is 0.562. The number of carbonyl (C=O) groups excluding carboxylic acids is 1. The smallest absolute Gasteiger partial charge is 0.321 e. The molecule has 2 saturated carbocycles. The van der Waals surface area contributed by atoms with Crippen molar-refractivity contribution in [2.45, 2.75) is 19.3 Å². The highest BCUT2D eigenvalue weighted by atomic mass is 19.2. The maximum Gasteiger partial charge on any atom is 0.321 e. The Morgan fingerprint density at radius 3 is 2.36 bits per heavy atom. The van der Waals surface area contributed by atoms with Crippen molar-refractivity contribution in [3.05, 3.63) is 29.6 Å². The van der Waals surface area contributed by atoms with Crippen LogP contribution in [-0.2, 0) is 0 Å². The minimum atomic E-state index is -1.30. The van der Waals surface area contributed by atoms with Gasteiger partial charge in [0.15, 0.2) is 11.6 Å². The summed E-state index contributed by atoms with van der Waals surface area (Å²) in [6, 6.07) is 0.789. The molecule has 1 N–H and O–H groups in total. The first-order chi connectivity index (χ1) is 10.5. The molecule has 1 aliphatic heterocycles. The Labute approximate surface area is 126 Å². The molecule has 4 unspecified atom stereocenters.